The van der Waals surface area contributed by atoms with E-state index in [9.17, 15) is 14.7 Å². The quantitative estimate of drug-likeness (QED) is 0.332. The second-order valence-corrected chi connectivity index (χ2v) is 8.85. The first-order chi connectivity index (χ1) is 16.9. The van der Waals surface area contributed by atoms with Crippen LogP contribution in [0.5, 0.6) is 23.0 Å². The summed E-state index contributed by atoms with van der Waals surface area (Å²) in [5, 5.41) is 11.7. The SMILES string of the molecule is COc1cc(OC)c(/C(O)=C2\C(=O)C(=O)N(C3CCCC3)C2c2ccc(OC)c(OC)c2)cc1Cl. The Balaban J connectivity index is 1.95. The minimum atomic E-state index is -0.816. The van der Waals surface area contributed by atoms with Gasteiger partial charge in [-0.2, -0.15) is 0 Å². The first-order valence-electron chi connectivity index (χ1n) is 11.3. The maximum absolute atomic E-state index is 13.4. The maximum atomic E-state index is 13.4. The zero-order chi connectivity index (χ0) is 25.3. The molecule has 2 aliphatic rings. The molecule has 186 valence electrons. The first kappa shape index (κ1) is 24.7. The van der Waals surface area contributed by atoms with E-state index in [-0.39, 0.29) is 33.7 Å². The Bertz CT molecular complexity index is 1190. The third kappa shape index (κ3) is 4.27. The van der Waals surface area contributed by atoms with Crippen molar-refractivity contribution in [2.24, 2.45) is 0 Å². The van der Waals surface area contributed by atoms with E-state index < -0.39 is 17.7 Å². The van der Waals surface area contributed by atoms with Gasteiger partial charge in [0.15, 0.2) is 11.5 Å². The molecule has 1 heterocycles. The molecule has 0 radical (unpaired) electrons. The minimum Gasteiger partial charge on any atom is -0.507 e. The molecule has 2 aromatic rings. The van der Waals surface area contributed by atoms with Crippen molar-refractivity contribution >= 4 is 29.1 Å². The number of rotatable bonds is 7. The lowest BCUT2D eigenvalue weighted by Crippen LogP contribution is -2.37. The van der Waals surface area contributed by atoms with Gasteiger partial charge >= 0.3 is 0 Å². The van der Waals surface area contributed by atoms with Crippen molar-refractivity contribution in [2.45, 2.75) is 37.8 Å². The van der Waals surface area contributed by atoms with Crippen LogP contribution in [0.25, 0.3) is 5.76 Å². The highest BCUT2D eigenvalue weighted by Crippen LogP contribution is 2.46. The molecule has 4 rings (SSSR count). The molecule has 0 bridgehead atoms. The van der Waals surface area contributed by atoms with Gasteiger partial charge in [0.2, 0.25) is 0 Å². The number of benzene rings is 2. The van der Waals surface area contributed by atoms with Crippen LogP contribution < -0.4 is 18.9 Å². The second-order valence-electron chi connectivity index (χ2n) is 8.45. The van der Waals surface area contributed by atoms with Crippen molar-refractivity contribution in [1.29, 1.82) is 0 Å². The molecule has 1 N–H and O–H groups in total. The van der Waals surface area contributed by atoms with Gasteiger partial charge in [-0.3, -0.25) is 9.59 Å². The molecule has 1 aliphatic heterocycles. The number of carbonyl (C=O) groups excluding carboxylic acids is 2. The lowest BCUT2D eigenvalue weighted by molar-refractivity contribution is -0.141. The van der Waals surface area contributed by atoms with Crippen LogP contribution in [-0.4, -0.2) is 56.2 Å². The number of carbonyl (C=O) groups is 2. The molecule has 1 unspecified atom stereocenters. The van der Waals surface area contributed by atoms with Crippen molar-refractivity contribution < 1.29 is 33.6 Å². The number of aliphatic hydroxyl groups is 1. The van der Waals surface area contributed by atoms with Crippen molar-refractivity contribution in [3.63, 3.8) is 0 Å². The van der Waals surface area contributed by atoms with Crippen molar-refractivity contribution in [2.75, 3.05) is 28.4 Å². The van der Waals surface area contributed by atoms with Crippen LogP contribution in [0.15, 0.2) is 35.9 Å². The summed E-state index contributed by atoms with van der Waals surface area (Å²) in [7, 11) is 5.94. The monoisotopic (exact) mass is 501 g/mol. The van der Waals surface area contributed by atoms with Gasteiger partial charge in [-0.15, -0.1) is 0 Å². The average molecular weight is 502 g/mol. The Morgan fingerprint density at radius 2 is 1.51 bits per heavy atom. The standard InChI is InChI=1S/C26H28ClNO7/c1-32-18-10-9-14(11-21(18)35-4)23-22(25(30)26(31)28(23)15-7-5-6-8-15)24(29)16-12-17(27)20(34-3)13-19(16)33-2/h9-13,15,23,29H,5-8H2,1-4H3/b24-22+. The summed E-state index contributed by atoms with van der Waals surface area (Å²) in [6.07, 6.45) is 3.51. The van der Waals surface area contributed by atoms with E-state index in [2.05, 4.69) is 0 Å². The number of nitrogens with zero attached hydrogens (tertiary/aromatic N) is 1. The molecular weight excluding hydrogens is 474 g/mol. The van der Waals surface area contributed by atoms with E-state index in [4.69, 9.17) is 30.5 Å². The van der Waals surface area contributed by atoms with Gasteiger partial charge in [0, 0.05) is 12.1 Å². The number of hydrogen-bond donors (Lipinski definition) is 1. The number of ketones is 1. The van der Waals surface area contributed by atoms with Gasteiger partial charge in [-0.1, -0.05) is 30.5 Å². The Labute approximate surface area is 209 Å². The zero-order valence-electron chi connectivity index (χ0n) is 20.1. The van der Waals surface area contributed by atoms with Crippen LogP contribution >= 0.6 is 11.6 Å². The largest absolute Gasteiger partial charge is 0.507 e. The van der Waals surface area contributed by atoms with Crippen LogP contribution in [0.1, 0.15) is 42.9 Å². The predicted molar refractivity (Wildman–Crippen MR) is 131 cm³/mol. The highest BCUT2D eigenvalue weighted by atomic mass is 35.5. The fourth-order valence-electron chi connectivity index (χ4n) is 4.95. The number of aliphatic hydroxyl groups excluding tert-OH is 1. The molecule has 1 amide bonds. The van der Waals surface area contributed by atoms with E-state index in [1.54, 1.807) is 23.1 Å². The summed E-state index contributed by atoms with van der Waals surface area (Å²) in [5.74, 6) is -0.209. The van der Waals surface area contributed by atoms with Crippen LogP contribution in [0, 0.1) is 0 Å². The van der Waals surface area contributed by atoms with Gasteiger partial charge < -0.3 is 29.0 Å². The molecule has 1 saturated heterocycles. The zero-order valence-corrected chi connectivity index (χ0v) is 20.8. The van der Waals surface area contributed by atoms with Gasteiger partial charge in [-0.05, 0) is 36.6 Å². The number of hydrogen-bond acceptors (Lipinski definition) is 7. The van der Waals surface area contributed by atoms with Crippen LogP contribution in [-0.2, 0) is 9.59 Å². The van der Waals surface area contributed by atoms with E-state index in [1.165, 1.54) is 40.6 Å². The first-order valence-corrected chi connectivity index (χ1v) is 11.7. The normalized spacial score (nSPS) is 19.8. The van der Waals surface area contributed by atoms with E-state index in [0.717, 1.165) is 25.7 Å². The summed E-state index contributed by atoms with van der Waals surface area (Å²) < 4.78 is 21.5. The number of amides is 1. The lowest BCUT2D eigenvalue weighted by Gasteiger charge is -2.31. The summed E-state index contributed by atoms with van der Waals surface area (Å²) in [4.78, 5) is 28.3. The fourth-order valence-corrected chi connectivity index (χ4v) is 5.19. The summed E-state index contributed by atoms with van der Waals surface area (Å²) in [6.45, 7) is 0. The molecule has 2 aromatic carbocycles. The molecule has 8 nitrogen and oxygen atoms in total. The minimum absolute atomic E-state index is 0.0337. The van der Waals surface area contributed by atoms with Gasteiger partial charge in [0.25, 0.3) is 11.7 Å². The van der Waals surface area contributed by atoms with Crippen LogP contribution in [0.4, 0.5) is 0 Å². The highest BCUT2D eigenvalue weighted by molar-refractivity contribution is 6.46. The van der Waals surface area contributed by atoms with Crippen molar-refractivity contribution in [3.05, 3.63) is 52.1 Å². The molecular formula is C26H28ClNO7. The average Bonchev–Trinajstić information content (AvgIpc) is 3.49. The third-order valence-electron chi connectivity index (χ3n) is 6.65. The number of Topliss-reactive ketones (excluding diaryl/α,β-unsaturated/α-hetero) is 1. The van der Waals surface area contributed by atoms with E-state index in [1.807, 2.05) is 0 Å². The van der Waals surface area contributed by atoms with Crippen LogP contribution in [0.2, 0.25) is 5.02 Å². The number of methoxy groups -OCH3 is 4. The number of likely N-dealkylation sites (tertiary alicyclic amines) is 1. The molecule has 2 fully saturated rings. The molecule has 1 aliphatic carbocycles. The Morgan fingerprint density at radius 1 is 0.886 bits per heavy atom. The third-order valence-corrected chi connectivity index (χ3v) is 6.95. The number of halogens is 1. The molecule has 1 saturated carbocycles. The molecule has 1 atom stereocenters. The van der Waals surface area contributed by atoms with Crippen LogP contribution in [0.3, 0.4) is 0 Å². The topological polar surface area (TPSA) is 94.5 Å². The van der Waals surface area contributed by atoms with Crippen molar-refractivity contribution in [1.82, 2.24) is 4.90 Å². The molecule has 0 aromatic heterocycles. The number of ether oxygens (including phenoxy) is 4. The van der Waals surface area contributed by atoms with E-state index in [0.29, 0.717) is 22.8 Å². The molecule has 0 spiro atoms. The lowest BCUT2D eigenvalue weighted by atomic mass is 9.94. The Morgan fingerprint density at radius 3 is 2.11 bits per heavy atom. The van der Waals surface area contributed by atoms with E-state index >= 15 is 0 Å². The van der Waals surface area contributed by atoms with Gasteiger partial charge in [0.05, 0.1) is 50.6 Å². The summed E-state index contributed by atoms with van der Waals surface area (Å²) in [5.41, 5.74) is 0.774. The van der Waals surface area contributed by atoms with Gasteiger partial charge in [0.1, 0.15) is 17.3 Å². The molecule has 9 heteroatoms. The van der Waals surface area contributed by atoms with Crippen molar-refractivity contribution in [3.8, 4) is 23.0 Å². The second kappa shape index (κ2) is 10.1. The molecule has 35 heavy (non-hydrogen) atoms. The summed E-state index contributed by atoms with van der Waals surface area (Å²) >= 11 is 6.33. The Kier molecular flexibility index (Phi) is 7.12. The fraction of sp³-hybridized carbons (Fsp3) is 0.385. The highest BCUT2D eigenvalue weighted by Gasteiger charge is 2.49. The summed E-state index contributed by atoms with van der Waals surface area (Å²) in [6, 6.07) is 7.26. The Hall–Kier alpha value is -3.39. The maximum Gasteiger partial charge on any atom is 0.295 e. The predicted octanol–water partition coefficient (Wildman–Crippen LogP) is 4.74. The smallest absolute Gasteiger partial charge is 0.295 e. The van der Waals surface area contributed by atoms with Gasteiger partial charge in [-0.25, -0.2) is 0 Å².